The van der Waals surface area contributed by atoms with Crippen LogP contribution in [0.5, 0.6) is 0 Å². The van der Waals surface area contributed by atoms with Crippen molar-refractivity contribution < 1.29 is 9.90 Å². The van der Waals surface area contributed by atoms with Crippen molar-refractivity contribution in [1.29, 1.82) is 0 Å². The minimum atomic E-state index is -0.129. The first-order valence-corrected chi connectivity index (χ1v) is 18.1. The van der Waals surface area contributed by atoms with Crippen LogP contribution in [0.15, 0.2) is 217 Å². The van der Waals surface area contributed by atoms with Crippen LogP contribution in [0, 0.1) is 0 Å². The van der Waals surface area contributed by atoms with Crippen LogP contribution in [0.25, 0.3) is 77.2 Å². The highest BCUT2D eigenvalue weighted by molar-refractivity contribution is 6.19. The average molecular weight is 694 g/mol. The molecular weight excluding hydrogens is 655 g/mol. The molecule has 0 bridgehead atoms. The Morgan fingerprint density at radius 2 is 0.944 bits per heavy atom. The SMILES string of the molecule is [2H]c1c([2H])c(N(c2ccc(-c3ccccc3)cc2)c2cccc(-c3cccc4oc5c6ccccc6ccc5c34)c2)c([2H])c([2H])c1-c1ccc(-c2ccccc2)cc1. The molecule has 54 heavy (non-hydrogen) atoms. The van der Waals surface area contributed by atoms with Crippen LogP contribution in [0.1, 0.15) is 5.48 Å². The molecular formula is C52H35NO. The Balaban J connectivity index is 1.14. The summed E-state index contributed by atoms with van der Waals surface area (Å²) in [6.07, 6.45) is 0. The summed E-state index contributed by atoms with van der Waals surface area (Å²) in [5, 5.41) is 4.20. The van der Waals surface area contributed by atoms with Crippen LogP contribution < -0.4 is 4.90 Å². The molecule has 0 amide bonds. The van der Waals surface area contributed by atoms with Gasteiger partial charge in [-0.05, 0) is 98.4 Å². The fourth-order valence-electron chi connectivity index (χ4n) is 7.47. The summed E-state index contributed by atoms with van der Waals surface area (Å²) in [5.74, 6) is 0. The molecule has 0 spiro atoms. The summed E-state index contributed by atoms with van der Waals surface area (Å²) in [6, 6.07) is 62.0. The van der Waals surface area contributed by atoms with Gasteiger partial charge in [-0.3, -0.25) is 0 Å². The lowest BCUT2D eigenvalue weighted by atomic mass is 9.97. The Labute approximate surface area is 320 Å². The number of nitrogens with zero attached hydrogens (tertiary/aromatic N) is 1. The number of hydrogen-bond acceptors (Lipinski definition) is 2. The maximum absolute atomic E-state index is 9.52. The van der Waals surface area contributed by atoms with Crippen molar-refractivity contribution in [1.82, 2.24) is 0 Å². The van der Waals surface area contributed by atoms with E-state index in [-0.39, 0.29) is 35.4 Å². The maximum atomic E-state index is 9.52. The van der Waals surface area contributed by atoms with Crippen LogP contribution in [0.4, 0.5) is 17.1 Å². The summed E-state index contributed by atoms with van der Waals surface area (Å²) >= 11 is 0. The van der Waals surface area contributed by atoms with E-state index < -0.39 is 0 Å². The molecule has 254 valence electrons. The van der Waals surface area contributed by atoms with Gasteiger partial charge in [0, 0.05) is 33.2 Å². The van der Waals surface area contributed by atoms with E-state index in [1.54, 1.807) is 0 Å². The number of hydrogen-bond donors (Lipinski definition) is 0. The minimum Gasteiger partial charge on any atom is -0.455 e. The minimum absolute atomic E-state index is 0.104. The summed E-state index contributed by atoms with van der Waals surface area (Å²) in [6.45, 7) is 0. The van der Waals surface area contributed by atoms with Gasteiger partial charge in [0.25, 0.3) is 0 Å². The third-order valence-corrected chi connectivity index (χ3v) is 10.2. The second-order valence-corrected chi connectivity index (χ2v) is 13.4. The van der Waals surface area contributed by atoms with Gasteiger partial charge in [-0.15, -0.1) is 0 Å². The average Bonchev–Trinajstić information content (AvgIpc) is 3.68. The van der Waals surface area contributed by atoms with E-state index in [2.05, 4.69) is 54.6 Å². The molecule has 0 radical (unpaired) electrons. The number of furan rings is 1. The van der Waals surface area contributed by atoms with Crippen molar-refractivity contribution in [3.63, 3.8) is 0 Å². The van der Waals surface area contributed by atoms with Crippen molar-refractivity contribution in [2.45, 2.75) is 0 Å². The highest BCUT2D eigenvalue weighted by Crippen LogP contribution is 2.42. The fraction of sp³-hybridized carbons (Fsp3) is 0. The molecule has 0 aliphatic rings. The second kappa shape index (κ2) is 13.4. The zero-order chi connectivity index (χ0) is 39.3. The molecule has 2 heteroatoms. The van der Waals surface area contributed by atoms with E-state index in [1.807, 2.05) is 138 Å². The lowest BCUT2D eigenvalue weighted by Gasteiger charge is -2.26. The smallest absolute Gasteiger partial charge is 0.143 e. The second-order valence-electron chi connectivity index (χ2n) is 13.4. The normalized spacial score (nSPS) is 12.4. The lowest BCUT2D eigenvalue weighted by Crippen LogP contribution is -2.10. The van der Waals surface area contributed by atoms with E-state index in [1.165, 1.54) is 0 Å². The number of fused-ring (bicyclic) bond motifs is 5. The van der Waals surface area contributed by atoms with Crippen LogP contribution in [0.3, 0.4) is 0 Å². The molecule has 0 N–H and O–H groups in total. The summed E-state index contributed by atoms with van der Waals surface area (Å²) in [4.78, 5) is 1.85. The van der Waals surface area contributed by atoms with Crippen LogP contribution >= 0.6 is 0 Å². The highest BCUT2D eigenvalue weighted by Gasteiger charge is 2.18. The van der Waals surface area contributed by atoms with Gasteiger partial charge in [0.1, 0.15) is 11.2 Å². The van der Waals surface area contributed by atoms with Crippen LogP contribution in [-0.2, 0) is 0 Å². The first-order chi connectivity index (χ1) is 28.4. The molecule has 2 nitrogen and oxygen atoms in total. The van der Waals surface area contributed by atoms with E-state index in [9.17, 15) is 5.48 Å². The molecule has 0 unspecified atom stereocenters. The monoisotopic (exact) mass is 693 g/mol. The Morgan fingerprint density at radius 1 is 0.370 bits per heavy atom. The van der Waals surface area contributed by atoms with Crippen molar-refractivity contribution in [2.24, 2.45) is 0 Å². The Hall–Kier alpha value is -7.16. The topological polar surface area (TPSA) is 16.4 Å². The van der Waals surface area contributed by atoms with Crippen molar-refractivity contribution in [2.75, 3.05) is 4.90 Å². The van der Waals surface area contributed by atoms with Crippen molar-refractivity contribution in [3.05, 3.63) is 212 Å². The molecule has 0 atom stereocenters. The summed E-state index contributed by atoms with van der Waals surface area (Å²) < 4.78 is 44.3. The third-order valence-electron chi connectivity index (χ3n) is 10.2. The predicted molar refractivity (Wildman–Crippen MR) is 228 cm³/mol. The fourth-order valence-corrected chi connectivity index (χ4v) is 7.47. The zero-order valence-corrected chi connectivity index (χ0v) is 29.3. The standard InChI is InChI=1S/C52H35NO/c1-3-11-36(12-4-1)38-21-23-39(24-22-38)41-27-32-45(33-28-41)53(44-30-25-40(26-31-44)37-13-5-2-6-14-37)46-17-9-16-43(35-46)47-19-10-20-50-51(47)49-34-29-42-15-7-8-18-48(42)52(49)54-50/h1-35H/i27D,28D,32D,33D. The van der Waals surface area contributed by atoms with Crippen molar-refractivity contribution >= 4 is 49.8 Å². The number of anilines is 3. The maximum Gasteiger partial charge on any atom is 0.143 e. The molecule has 1 aromatic heterocycles. The largest absolute Gasteiger partial charge is 0.455 e. The molecule has 1 heterocycles. The third kappa shape index (κ3) is 5.71. The lowest BCUT2D eigenvalue weighted by molar-refractivity contribution is 0.673. The first kappa shape index (κ1) is 27.5. The molecule has 10 aromatic rings. The molecule has 0 saturated carbocycles. The number of benzene rings is 9. The van der Waals surface area contributed by atoms with Gasteiger partial charge in [0.05, 0.1) is 5.48 Å². The molecule has 9 aromatic carbocycles. The van der Waals surface area contributed by atoms with Gasteiger partial charge in [0.15, 0.2) is 0 Å². The zero-order valence-electron chi connectivity index (χ0n) is 33.3. The Morgan fingerprint density at radius 3 is 1.65 bits per heavy atom. The van der Waals surface area contributed by atoms with Crippen LogP contribution in [-0.4, -0.2) is 0 Å². The van der Waals surface area contributed by atoms with E-state index in [0.29, 0.717) is 16.9 Å². The quantitative estimate of drug-likeness (QED) is 0.165. The van der Waals surface area contributed by atoms with Gasteiger partial charge in [-0.2, -0.15) is 0 Å². The van der Waals surface area contributed by atoms with Crippen LogP contribution in [0.2, 0.25) is 0 Å². The predicted octanol–water partition coefficient (Wildman–Crippen LogP) is 14.9. The molecule has 0 aliphatic carbocycles. The van der Waals surface area contributed by atoms with Gasteiger partial charge in [0.2, 0.25) is 0 Å². The molecule has 10 rings (SSSR count). The summed E-state index contributed by atoms with van der Waals surface area (Å²) in [7, 11) is 0. The Bertz CT molecular complexity index is 3110. The number of rotatable bonds is 7. The van der Waals surface area contributed by atoms with Crippen molar-refractivity contribution in [3.8, 4) is 44.5 Å². The molecule has 0 fully saturated rings. The first-order valence-electron chi connectivity index (χ1n) is 20.1. The van der Waals surface area contributed by atoms with Gasteiger partial charge >= 0.3 is 0 Å². The van der Waals surface area contributed by atoms with Gasteiger partial charge in [-0.1, -0.05) is 164 Å². The van der Waals surface area contributed by atoms with E-state index in [4.69, 9.17) is 4.42 Å². The summed E-state index contributed by atoms with van der Waals surface area (Å²) in [5.41, 5.74) is 10.2. The van der Waals surface area contributed by atoms with E-state index >= 15 is 0 Å². The molecule has 0 saturated heterocycles. The Kier molecular flexibility index (Phi) is 6.84. The van der Waals surface area contributed by atoms with Gasteiger partial charge < -0.3 is 9.32 Å². The molecule has 0 aliphatic heterocycles. The van der Waals surface area contributed by atoms with Gasteiger partial charge in [-0.25, -0.2) is 0 Å². The highest BCUT2D eigenvalue weighted by atomic mass is 16.3. The van der Waals surface area contributed by atoms with E-state index in [0.717, 1.165) is 66.1 Å².